The second-order valence-corrected chi connectivity index (χ2v) is 9.96. The van der Waals surface area contributed by atoms with Gasteiger partial charge in [-0.1, -0.05) is 172 Å². The van der Waals surface area contributed by atoms with Gasteiger partial charge in [0.15, 0.2) is 0 Å². The topological polar surface area (TPSA) is 0 Å². The van der Waals surface area contributed by atoms with Gasteiger partial charge in [0.25, 0.3) is 0 Å². The minimum absolute atomic E-state index is 0.441. The monoisotopic (exact) mass is 450 g/mol. The normalized spacial score (nSPS) is 11.7. The number of unbranched alkanes of at least 4 members (excludes halogenated alkanes) is 17. The fourth-order valence-corrected chi connectivity index (χ4v) is 4.35. The summed E-state index contributed by atoms with van der Waals surface area (Å²) in [5, 5.41) is 0.441. The Morgan fingerprint density at radius 3 is 0.968 bits per heavy atom. The maximum Gasteiger partial charge on any atom is 0.0336 e. The molecule has 0 saturated carbocycles. The van der Waals surface area contributed by atoms with E-state index in [1.807, 2.05) is 36.4 Å². The molecule has 0 N–H and O–H groups in total. The van der Waals surface area contributed by atoms with Crippen molar-refractivity contribution in [1.82, 2.24) is 0 Å². The van der Waals surface area contributed by atoms with Crippen molar-refractivity contribution in [3.05, 3.63) is 36.4 Å². The van der Waals surface area contributed by atoms with Crippen molar-refractivity contribution in [1.29, 1.82) is 0 Å². The minimum atomic E-state index is 0.441. The van der Waals surface area contributed by atoms with Gasteiger partial charge in [0.05, 0.1) is 0 Å². The molecule has 0 aliphatic heterocycles. The first kappa shape index (κ1) is 30.5. The Hall–Kier alpha value is -0.490. The predicted octanol–water partition coefficient (Wildman–Crippen LogP) is 11.5. The van der Waals surface area contributed by atoms with Gasteiger partial charge in [0, 0.05) is 5.38 Å². The van der Waals surface area contributed by atoms with Crippen LogP contribution in [-0.4, -0.2) is 5.38 Å². The van der Waals surface area contributed by atoms with Crippen molar-refractivity contribution < 1.29 is 0 Å². The average Bonchev–Trinajstić information content (AvgIpc) is 2.81. The molecule has 0 nitrogen and oxygen atoms in total. The smallest absolute Gasteiger partial charge is 0.0336 e. The van der Waals surface area contributed by atoms with E-state index in [4.69, 9.17) is 11.6 Å². The van der Waals surface area contributed by atoms with E-state index >= 15 is 0 Å². The zero-order valence-electron chi connectivity index (χ0n) is 21.3. The van der Waals surface area contributed by atoms with Crippen LogP contribution in [0.3, 0.4) is 0 Å². The Labute approximate surface area is 201 Å². The van der Waals surface area contributed by atoms with Crippen LogP contribution >= 0.6 is 11.6 Å². The number of benzene rings is 1. The molecule has 0 aromatic heterocycles. The summed E-state index contributed by atoms with van der Waals surface area (Å²) in [6.07, 6.45) is 29.6. The molecule has 0 spiro atoms. The Balaban J connectivity index is 0.00000127. The van der Waals surface area contributed by atoms with Crippen LogP contribution in [0, 0.1) is 0 Å². The molecule has 0 saturated heterocycles. The van der Waals surface area contributed by atoms with Crippen LogP contribution in [0.4, 0.5) is 0 Å². The molecule has 31 heavy (non-hydrogen) atoms. The van der Waals surface area contributed by atoms with Crippen LogP contribution in [0.25, 0.3) is 0 Å². The highest BCUT2D eigenvalue weighted by Crippen LogP contribution is 2.17. The summed E-state index contributed by atoms with van der Waals surface area (Å²) in [5.41, 5.74) is 0. The summed E-state index contributed by atoms with van der Waals surface area (Å²) in [6, 6.07) is 12.0. The number of rotatable bonds is 21. The molecular weight excluding hydrogens is 396 g/mol. The van der Waals surface area contributed by atoms with Crippen LogP contribution in [0.5, 0.6) is 0 Å². The Morgan fingerprint density at radius 2 is 0.645 bits per heavy atom. The lowest BCUT2D eigenvalue weighted by atomic mass is 10.0. The van der Waals surface area contributed by atoms with E-state index in [0.717, 1.165) is 0 Å². The summed E-state index contributed by atoms with van der Waals surface area (Å²) in [7, 11) is 0. The molecule has 1 heteroatoms. The molecule has 1 aromatic carbocycles. The fraction of sp³-hybridized carbons (Fsp3) is 0.800. The first-order chi connectivity index (χ1) is 15.3. The highest BCUT2D eigenvalue weighted by atomic mass is 35.5. The van der Waals surface area contributed by atoms with E-state index in [2.05, 4.69) is 13.8 Å². The quantitative estimate of drug-likeness (QED) is 0.129. The summed E-state index contributed by atoms with van der Waals surface area (Å²) >= 11 is 6.33. The van der Waals surface area contributed by atoms with Gasteiger partial charge in [-0.15, -0.1) is 11.6 Å². The molecule has 0 radical (unpaired) electrons. The van der Waals surface area contributed by atoms with Crippen LogP contribution < -0.4 is 0 Å². The number of hydrogen-bond acceptors (Lipinski definition) is 0. The fourth-order valence-electron chi connectivity index (χ4n) is 4.05. The largest absolute Gasteiger partial charge is 0.123 e. The summed E-state index contributed by atoms with van der Waals surface area (Å²) in [6.45, 7) is 4.55. The maximum absolute atomic E-state index is 6.33. The van der Waals surface area contributed by atoms with Crippen LogP contribution in [0.1, 0.15) is 149 Å². The van der Waals surface area contributed by atoms with Crippen molar-refractivity contribution in [3.8, 4) is 0 Å². The zero-order valence-corrected chi connectivity index (χ0v) is 22.0. The van der Waals surface area contributed by atoms with Gasteiger partial charge in [-0.2, -0.15) is 0 Å². The summed E-state index contributed by atoms with van der Waals surface area (Å²) in [5.74, 6) is 0. The van der Waals surface area contributed by atoms with Crippen molar-refractivity contribution >= 4 is 11.6 Å². The van der Waals surface area contributed by atoms with Gasteiger partial charge in [-0.25, -0.2) is 0 Å². The summed E-state index contributed by atoms with van der Waals surface area (Å²) in [4.78, 5) is 0. The van der Waals surface area contributed by atoms with E-state index in [1.54, 1.807) is 0 Å². The predicted molar refractivity (Wildman–Crippen MR) is 144 cm³/mol. The number of alkyl halides is 1. The third-order valence-corrected chi connectivity index (χ3v) is 6.59. The first-order valence-corrected chi connectivity index (χ1v) is 14.4. The Kier molecular flexibility index (Phi) is 27.1. The molecule has 0 aliphatic carbocycles. The number of hydrogen-bond donors (Lipinski definition) is 0. The van der Waals surface area contributed by atoms with Gasteiger partial charge in [0.1, 0.15) is 0 Å². The maximum atomic E-state index is 6.33. The van der Waals surface area contributed by atoms with Crippen LogP contribution in [0.2, 0.25) is 0 Å². The van der Waals surface area contributed by atoms with E-state index in [9.17, 15) is 0 Å². The van der Waals surface area contributed by atoms with Crippen molar-refractivity contribution in [3.63, 3.8) is 0 Å². The average molecular weight is 451 g/mol. The lowest BCUT2D eigenvalue weighted by Gasteiger charge is -2.08. The second kappa shape index (κ2) is 27.5. The third kappa shape index (κ3) is 27.5. The summed E-state index contributed by atoms with van der Waals surface area (Å²) < 4.78 is 0. The van der Waals surface area contributed by atoms with Gasteiger partial charge in [-0.05, 0) is 12.8 Å². The molecule has 0 aliphatic rings. The van der Waals surface area contributed by atoms with E-state index in [-0.39, 0.29) is 0 Å². The Bertz CT molecular complexity index is 375. The van der Waals surface area contributed by atoms with E-state index < -0.39 is 0 Å². The van der Waals surface area contributed by atoms with Crippen LogP contribution in [-0.2, 0) is 0 Å². The van der Waals surface area contributed by atoms with Gasteiger partial charge < -0.3 is 0 Å². The molecule has 1 atom stereocenters. The minimum Gasteiger partial charge on any atom is -0.123 e. The van der Waals surface area contributed by atoms with Crippen molar-refractivity contribution in [2.24, 2.45) is 0 Å². The highest BCUT2D eigenvalue weighted by Gasteiger charge is 2.03. The standard InChI is InChI=1S/C24H49Cl.C6H6/c1-3-5-7-8-9-10-11-12-13-14-15-16-17-18-19-20-21-23-24(25)22-6-4-2;1-2-4-6-5-3-1/h24H,3-23H2,1-2H3;1-6H. The molecule has 1 aromatic rings. The molecule has 0 heterocycles. The number of halogens is 1. The highest BCUT2D eigenvalue weighted by molar-refractivity contribution is 6.20. The molecule has 1 rings (SSSR count). The van der Waals surface area contributed by atoms with E-state index in [0.29, 0.717) is 5.38 Å². The Morgan fingerprint density at radius 1 is 0.387 bits per heavy atom. The van der Waals surface area contributed by atoms with Gasteiger partial charge >= 0.3 is 0 Å². The molecule has 1 unspecified atom stereocenters. The van der Waals surface area contributed by atoms with E-state index in [1.165, 1.54) is 135 Å². The molecule has 0 bridgehead atoms. The lowest BCUT2D eigenvalue weighted by Crippen LogP contribution is -1.97. The van der Waals surface area contributed by atoms with Gasteiger partial charge in [0.2, 0.25) is 0 Å². The third-order valence-electron chi connectivity index (χ3n) is 6.16. The van der Waals surface area contributed by atoms with Crippen LogP contribution in [0.15, 0.2) is 36.4 Å². The molecule has 0 fully saturated rings. The van der Waals surface area contributed by atoms with Gasteiger partial charge in [-0.3, -0.25) is 0 Å². The first-order valence-electron chi connectivity index (χ1n) is 13.9. The molecule has 182 valence electrons. The molecular formula is C30H55Cl. The molecule has 0 amide bonds. The second-order valence-electron chi connectivity index (χ2n) is 9.34. The SMILES string of the molecule is CCCCCCCCCCCCCCCCCCCC(Cl)CCCC.c1ccccc1. The van der Waals surface area contributed by atoms with Crippen molar-refractivity contribution in [2.45, 2.75) is 154 Å². The zero-order chi connectivity index (χ0) is 22.7. The van der Waals surface area contributed by atoms with Crippen molar-refractivity contribution in [2.75, 3.05) is 0 Å². The lowest BCUT2D eigenvalue weighted by molar-refractivity contribution is 0.521.